The van der Waals surface area contributed by atoms with E-state index in [4.69, 9.17) is 11.6 Å². The molecule has 1 aromatic carbocycles. The van der Waals surface area contributed by atoms with Gasteiger partial charge < -0.3 is 0 Å². The molecule has 1 aromatic rings. The van der Waals surface area contributed by atoms with E-state index in [1.54, 1.807) is 6.42 Å². The van der Waals surface area contributed by atoms with Gasteiger partial charge in [-0.15, -0.1) is 23.4 Å². The number of hydrogen-bond donors (Lipinski definition) is 0. The normalized spacial score (nSPS) is 32.6. The first-order valence-corrected chi connectivity index (χ1v) is 5.55. The van der Waals surface area contributed by atoms with E-state index in [-0.39, 0.29) is 0 Å². The van der Waals surface area contributed by atoms with Gasteiger partial charge in [-0.2, -0.15) is 0 Å². The van der Waals surface area contributed by atoms with E-state index in [1.165, 1.54) is 11.8 Å². The van der Waals surface area contributed by atoms with Gasteiger partial charge in [-0.25, -0.2) is 4.39 Å². The van der Waals surface area contributed by atoms with Gasteiger partial charge in [0.25, 0.3) is 0 Å². The molecule has 1 aliphatic heterocycles. The third-order valence-electron chi connectivity index (χ3n) is 2.03. The maximum Gasteiger partial charge on any atom is 0.152 e. The number of thioether (sulfide) groups is 1. The van der Waals surface area contributed by atoms with Crippen molar-refractivity contribution in [3.63, 3.8) is 0 Å². The number of hydrogen-bond acceptors (Lipinski definition) is 1. The molecule has 1 saturated heterocycles. The molecule has 13 heavy (non-hydrogen) atoms. The second kappa shape index (κ2) is 3.50. The molecule has 0 N–H and O–H groups in total. The Kier molecular flexibility index (Phi) is 2.52. The molecule has 69 valence electrons. The van der Waals surface area contributed by atoms with Gasteiger partial charge in [0.15, 0.2) is 5.67 Å². The van der Waals surface area contributed by atoms with Gasteiger partial charge >= 0.3 is 0 Å². The highest BCUT2D eigenvalue weighted by molar-refractivity contribution is 8.02. The van der Waals surface area contributed by atoms with Gasteiger partial charge in [-0.05, 0) is 5.56 Å². The van der Waals surface area contributed by atoms with Gasteiger partial charge in [-0.1, -0.05) is 30.3 Å². The summed E-state index contributed by atoms with van der Waals surface area (Å²) < 4.78 is 13.4. The van der Waals surface area contributed by atoms with E-state index in [1.807, 2.05) is 30.3 Å². The summed E-state index contributed by atoms with van der Waals surface area (Å²) in [5.41, 5.74) is -0.413. The van der Waals surface area contributed by atoms with Crippen molar-refractivity contribution in [2.45, 2.75) is 10.4 Å². The van der Waals surface area contributed by atoms with E-state index in [0.29, 0.717) is 5.75 Å². The Morgan fingerprint density at radius 1 is 1.46 bits per heavy atom. The molecule has 0 aliphatic carbocycles. The van der Waals surface area contributed by atoms with Crippen LogP contribution in [0.1, 0.15) is 5.56 Å². The van der Waals surface area contributed by atoms with Crippen molar-refractivity contribution in [2.75, 3.05) is 5.75 Å². The Morgan fingerprint density at radius 3 is 2.62 bits per heavy atom. The third-order valence-corrected chi connectivity index (χ3v) is 4.07. The summed E-state index contributed by atoms with van der Waals surface area (Å²) in [4.78, 5) is 0. The van der Waals surface area contributed by atoms with Crippen LogP contribution in [0.3, 0.4) is 0 Å². The largest absolute Gasteiger partial charge is 0.240 e. The van der Waals surface area contributed by atoms with Crippen LogP contribution in [0.4, 0.5) is 4.39 Å². The monoisotopic (exact) mass is 215 g/mol. The summed E-state index contributed by atoms with van der Waals surface area (Å²) in [7, 11) is 0. The minimum Gasteiger partial charge on any atom is -0.240 e. The van der Waals surface area contributed by atoms with Crippen LogP contribution in [0.25, 0.3) is 0 Å². The molecule has 2 rings (SSSR count). The van der Waals surface area contributed by atoms with Crippen LogP contribution in [0.5, 0.6) is 0 Å². The Balaban J connectivity index is 2.06. The maximum atomic E-state index is 13.8. The Hall–Kier alpha value is -0.210. The minimum atomic E-state index is -1.31. The fourth-order valence-electron chi connectivity index (χ4n) is 1.24. The minimum absolute atomic E-state index is 0.423. The molecule has 1 aliphatic rings. The average molecular weight is 216 g/mol. The van der Waals surface area contributed by atoms with Gasteiger partial charge in [-0.3, -0.25) is 0 Å². The molecule has 1 heterocycles. The second-order valence-electron chi connectivity index (χ2n) is 3.11. The molecule has 2 atom stereocenters. The van der Waals surface area contributed by atoms with Gasteiger partial charge in [0.05, 0.1) is 0 Å². The molecular formula is C10H9ClFS. The predicted octanol–water partition coefficient (Wildman–Crippen LogP) is 3.26. The zero-order chi connectivity index (χ0) is 9.31. The first kappa shape index (κ1) is 9.35. The summed E-state index contributed by atoms with van der Waals surface area (Å²) >= 11 is 7.21. The summed E-state index contributed by atoms with van der Waals surface area (Å²) in [6.07, 6.45) is 1.61. The lowest BCUT2D eigenvalue weighted by Gasteiger charge is -2.38. The molecule has 1 radical (unpaired) electrons. The topological polar surface area (TPSA) is 0 Å². The highest BCUT2D eigenvalue weighted by atomic mass is 35.5. The summed E-state index contributed by atoms with van der Waals surface area (Å²) in [5.74, 6) is 0.468. The molecule has 3 heteroatoms. The van der Waals surface area contributed by atoms with E-state index in [2.05, 4.69) is 0 Å². The van der Waals surface area contributed by atoms with Crippen molar-refractivity contribution in [1.82, 2.24) is 0 Å². The van der Waals surface area contributed by atoms with E-state index >= 15 is 0 Å². The molecule has 0 saturated carbocycles. The van der Waals surface area contributed by atoms with Crippen molar-refractivity contribution in [3.8, 4) is 0 Å². The lowest BCUT2D eigenvalue weighted by molar-refractivity contribution is 0.250. The zero-order valence-corrected chi connectivity index (χ0v) is 8.49. The van der Waals surface area contributed by atoms with E-state index in [0.717, 1.165) is 5.56 Å². The molecule has 2 unspecified atom stereocenters. The average Bonchev–Trinajstić information content (AvgIpc) is 2.17. The fraction of sp³-hybridized carbons (Fsp3) is 0.300. The van der Waals surface area contributed by atoms with Crippen LogP contribution in [0.2, 0.25) is 0 Å². The summed E-state index contributed by atoms with van der Waals surface area (Å²) in [5, 5.41) is 0. The van der Waals surface area contributed by atoms with Crippen LogP contribution in [0.15, 0.2) is 30.3 Å². The van der Waals surface area contributed by atoms with Crippen molar-refractivity contribution in [1.29, 1.82) is 0 Å². The van der Waals surface area contributed by atoms with Crippen LogP contribution < -0.4 is 0 Å². The van der Waals surface area contributed by atoms with E-state index in [9.17, 15) is 4.39 Å². The first-order chi connectivity index (χ1) is 6.21. The smallest absolute Gasteiger partial charge is 0.152 e. The van der Waals surface area contributed by atoms with Gasteiger partial charge in [0.2, 0.25) is 0 Å². The maximum absolute atomic E-state index is 13.8. The van der Waals surface area contributed by atoms with Crippen LogP contribution in [-0.4, -0.2) is 16.1 Å². The standard InChI is InChI=1S/C10H9ClFS/c11-9-10(12,7-13-9)6-8-4-2-1-3-5-8/h1-6,9H,7H2. The highest BCUT2D eigenvalue weighted by Crippen LogP contribution is 2.46. The molecular weight excluding hydrogens is 207 g/mol. The van der Waals surface area contributed by atoms with E-state index < -0.39 is 10.4 Å². The molecule has 0 spiro atoms. The lowest BCUT2D eigenvalue weighted by Crippen LogP contribution is -2.45. The molecule has 1 fully saturated rings. The lowest BCUT2D eigenvalue weighted by atomic mass is 9.99. The fourth-order valence-corrected chi connectivity index (χ4v) is 2.44. The number of benzene rings is 1. The summed E-state index contributed by atoms with van der Waals surface area (Å²) in [6, 6.07) is 9.46. The zero-order valence-electron chi connectivity index (χ0n) is 6.91. The van der Waals surface area contributed by atoms with Crippen molar-refractivity contribution in [2.24, 2.45) is 0 Å². The molecule has 0 amide bonds. The van der Waals surface area contributed by atoms with Crippen LogP contribution in [0, 0.1) is 6.42 Å². The highest BCUT2D eigenvalue weighted by Gasteiger charge is 2.47. The van der Waals surface area contributed by atoms with Crippen LogP contribution in [-0.2, 0) is 0 Å². The second-order valence-corrected chi connectivity index (χ2v) is 4.90. The molecule has 0 aromatic heterocycles. The Labute approximate surface area is 86.5 Å². The SMILES string of the molecule is FC1([CH]c2ccccc2)CSC1Cl. The summed E-state index contributed by atoms with van der Waals surface area (Å²) in [6.45, 7) is 0. The van der Waals surface area contributed by atoms with Crippen molar-refractivity contribution in [3.05, 3.63) is 42.3 Å². The van der Waals surface area contributed by atoms with Crippen molar-refractivity contribution >= 4 is 23.4 Å². The molecule has 0 bridgehead atoms. The van der Waals surface area contributed by atoms with Crippen LogP contribution >= 0.6 is 23.4 Å². The third kappa shape index (κ3) is 1.84. The van der Waals surface area contributed by atoms with Gasteiger partial charge in [0.1, 0.15) is 4.71 Å². The number of rotatable bonds is 2. The van der Waals surface area contributed by atoms with Gasteiger partial charge in [0, 0.05) is 12.2 Å². The first-order valence-electron chi connectivity index (χ1n) is 4.06. The quantitative estimate of drug-likeness (QED) is 0.683. The Bertz CT molecular complexity index is 290. The van der Waals surface area contributed by atoms with Crippen molar-refractivity contribution < 1.29 is 4.39 Å². The Morgan fingerprint density at radius 2 is 2.15 bits per heavy atom. The molecule has 0 nitrogen and oxygen atoms in total. The predicted molar refractivity (Wildman–Crippen MR) is 55.8 cm³/mol. The number of halogens is 2. The number of alkyl halides is 2.